The number of nitrogens with one attached hydrogen (secondary N) is 1. The van der Waals surface area contributed by atoms with Crippen molar-refractivity contribution in [2.75, 3.05) is 37.5 Å². The van der Waals surface area contributed by atoms with Gasteiger partial charge in [-0.3, -0.25) is 9.69 Å². The summed E-state index contributed by atoms with van der Waals surface area (Å²) in [6, 6.07) is 0.124. The molecule has 3 N–H and O–H groups in total. The van der Waals surface area contributed by atoms with Crippen molar-refractivity contribution in [2.24, 2.45) is 5.73 Å². The van der Waals surface area contributed by atoms with Crippen molar-refractivity contribution >= 4 is 25.8 Å². The molecule has 3 rings (SSSR count). The third-order valence-corrected chi connectivity index (χ3v) is 9.99. The van der Waals surface area contributed by atoms with E-state index in [4.69, 9.17) is 5.73 Å². The first-order chi connectivity index (χ1) is 13.0. The molecule has 28 heavy (non-hydrogen) atoms. The third-order valence-electron chi connectivity index (χ3n) is 6.35. The highest BCUT2D eigenvalue weighted by Crippen LogP contribution is 2.43. The van der Waals surface area contributed by atoms with E-state index in [1.165, 1.54) is 0 Å². The van der Waals surface area contributed by atoms with Gasteiger partial charge in [-0.1, -0.05) is 0 Å². The maximum Gasteiger partial charge on any atom is 0.237 e. The lowest BCUT2D eigenvalue weighted by molar-refractivity contribution is -0.131. The zero-order valence-electron chi connectivity index (χ0n) is 16.5. The van der Waals surface area contributed by atoms with Crippen LogP contribution in [-0.4, -0.2) is 87.7 Å². The van der Waals surface area contributed by atoms with Gasteiger partial charge in [0.25, 0.3) is 0 Å². The number of hydrogen-bond donors (Lipinski definition) is 2. The largest absolute Gasteiger partial charge is 0.368 e. The molecule has 2 bridgehead atoms. The lowest BCUT2D eigenvalue weighted by Crippen LogP contribution is -2.60. The second-order valence-electron chi connectivity index (χ2n) is 8.59. The van der Waals surface area contributed by atoms with Crippen LogP contribution in [0, 0.1) is 0 Å². The van der Waals surface area contributed by atoms with E-state index in [2.05, 4.69) is 14.5 Å². The molecule has 0 saturated carbocycles. The number of amides is 1. The molecule has 3 heterocycles. The topological polar surface area (TPSA) is 130 Å². The zero-order chi connectivity index (χ0) is 20.6. The third kappa shape index (κ3) is 5.05. The van der Waals surface area contributed by atoms with Crippen molar-refractivity contribution in [3.63, 3.8) is 0 Å². The van der Waals surface area contributed by atoms with Gasteiger partial charge in [0.1, 0.15) is 5.54 Å². The van der Waals surface area contributed by atoms with Crippen LogP contribution in [0.4, 0.5) is 0 Å². The van der Waals surface area contributed by atoms with Crippen LogP contribution in [0.25, 0.3) is 0 Å². The zero-order valence-corrected chi connectivity index (χ0v) is 18.1. The molecule has 1 amide bonds. The van der Waals surface area contributed by atoms with E-state index in [0.717, 1.165) is 64.4 Å². The smallest absolute Gasteiger partial charge is 0.237 e. The van der Waals surface area contributed by atoms with Crippen LogP contribution in [-0.2, 0) is 24.7 Å². The van der Waals surface area contributed by atoms with Crippen LogP contribution in [0.2, 0.25) is 0 Å². The molecule has 0 spiro atoms. The number of rotatable bonds is 8. The van der Waals surface area contributed by atoms with E-state index in [-0.39, 0.29) is 11.9 Å². The molecule has 162 valence electrons. The number of sulfone groups is 1. The highest BCUT2D eigenvalue weighted by Gasteiger charge is 2.52. The fraction of sp³-hybridized carbons (Fsp3) is 0.941. The normalized spacial score (nSPS) is 32.5. The maximum absolute atomic E-state index is 12.2. The molecule has 0 aromatic heterocycles. The Morgan fingerprint density at radius 1 is 1.11 bits per heavy atom. The van der Waals surface area contributed by atoms with Crippen molar-refractivity contribution in [3.8, 4) is 0 Å². The fourth-order valence-corrected chi connectivity index (χ4v) is 8.44. The molecule has 3 saturated heterocycles. The summed E-state index contributed by atoms with van der Waals surface area (Å²) >= 11 is 0. The standard InChI is InChI=1S/C17H32N4O5S2/c1-27(23,24)13-28(25,26)19-14-4-3-9-20(12-14)10-11-21-15-5-2-7-17(21,8-6-15)16(18)22/h14-15,19H,2-13H2,1H3,(H2,18,22)/t14-,15+,17-/m0/s1. The molecule has 0 aromatic carbocycles. The number of nitrogens with two attached hydrogens (primary N) is 1. The first kappa shape index (κ1) is 21.9. The highest BCUT2D eigenvalue weighted by molar-refractivity contribution is 8.06. The predicted octanol–water partition coefficient (Wildman–Crippen LogP) is -0.755. The molecule has 0 aliphatic carbocycles. The van der Waals surface area contributed by atoms with Gasteiger partial charge in [-0.25, -0.2) is 21.6 Å². The Kier molecular flexibility index (Phi) is 6.41. The van der Waals surface area contributed by atoms with Gasteiger partial charge in [0.05, 0.1) is 0 Å². The van der Waals surface area contributed by atoms with Gasteiger partial charge in [0.15, 0.2) is 14.9 Å². The number of likely N-dealkylation sites (tertiary alicyclic amines) is 1. The monoisotopic (exact) mass is 436 g/mol. The predicted molar refractivity (Wildman–Crippen MR) is 107 cm³/mol. The van der Waals surface area contributed by atoms with E-state index >= 15 is 0 Å². The van der Waals surface area contributed by atoms with Crippen molar-refractivity contribution < 1.29 is 21.6 Å². The number of sulfonamides is 1. The van der Waals surface area contributed by atoms with Crippen LogP contribution >= 0.6 is 0 Å². The van der Waals surface area contributed by atoms with Crippen molar-refractivity contribution in [1.29, 1.82) is 0 Å². The average Bonchev–Trinajstić information content (AvgIpc) is 2.75. The van der Waals surface area contributed by atoms with Gasteiger partial charge in [0, 0.05) is 38.0 Å². The molecule has 0 aromatic rings. The maximum atomic E-state index is 12.2. The summed E-state index contributed by atoms with van der Waals surface area (Å²) < 4.78 is 49.3. The van der Waals surface area contributed by atoms with Gasteiger partial charge >= 0.3 is 0 Å². The summed E-state index contributed by atoms with van der Waals surface area (Å²) in [5, 5.41) is -0.882. The van der Waals surface area contributed by atoms with Gasteiger partial charge in [-0.15, -0.1) is 0 Å². The second kappa shape index (κ2) is 8.17. The van der Waals surface area contributed by atoms with Crippen LogP contribution in [0.3, 0.4) is 0 Å². The Hall–Kier alpha value is -0.750. The molecule has 11 heteroatoms. The lowest BCUT2D eigenvalue weighted by atomic mass is 9.87. The van der Waals surface area contributed by atoms with Gasteiger partial charge in [-0.2, -0.15) is 0 Å². The number of nitrogens with zero attached hydrogens (tertiary/aromatic N) is 2. The minimum atomic E-state index is -3.86. The number of fused-ring (bicyclic) bond motifs is 2. The van der Waals surface area contributed by atoms with E-state index in [9.17, 15) is 21.6 Å². The first-order valence-electron chi connectivity index (χ1n) is 9.97. The van der Waals surface area contributed by atoms with E-state index in [0.29, 0.717) is 19.0 Å². The second-order valence-corrected chi connectivity index (χ2v) is 12.8. The van der Waals surface area contributed by atoms with Gasteiger partial charge in [-0.05, 0) is 51.5 Å². The molecular weight excluding hydrogens is 404 g/mol. The van der Waals surface area contributed by atoms with Crippen molar-refractivity contribution in [2.45, 2.75) is 62.6 Å². The minimum Gasteiger partial charge on any atom is -0.368 e. The Bertz CT molecular complexity index is 796. The molecule has 3 fully saturated rings. The van der Waals surface area contributed by atoms with Crippen LogP contribution in [0.1, 0.15) is 44.9 Å². The molecule has 3 aliphatic heterocycles. The quantitative estimate of drug-likeness (QED) is 0.512. The minimum absolute atomic E-state index is 0.222. The van der Waals surface area contributed by atoms with E-state index < -0.39 is 30.5 Å². The van der Waals surface area contributed by atoms with E-state index in [1.807, 2.05) is 0 Å². The molecule has 3 aliphatic rings. The summed E-state index contributed by atoms with van der Waals surface area (Å²) in [6.45, 7) is 2.91. The molecule has 9 nitrogen and oxygen atoms in total. The SMILES string of the molecule is CS(=O)(=O)CS(=O)(=O)N[C@H]1CCCN(CCN2[C@@H]3CCC[C@@]2(C(N)=O)CC3)C1. The highest BCUT2D eigenvalue weighted by atomic mass is 32.3. The Balaban J connectivity index is 1.56. The fourth-order valence-electron chi connectivity index (χ4n) is 5.21. The van der Waals surface area contributed by atoms with Crippen molar-refractivity contribution in [3.05, 3.63) is 0 Å². The molecule has 0 unspecified atom stereocenters. The van der Waals surface area contributed by atoms with Crippen molar-refractivity contribution in [1.82, 2.24) is 14.5 Å². The number of carbonyl (C=O) groups is 1. The summed E-state index contributed by atoms with van der Waals surface area (Å²) in [5.41, 5.74) is 5.26. The van der Waals surface area contributed by atoms with Crippen LogP contribution in [0.5, 0.6) is 0 Å². The van der Waals surface area contributed by atoms with Gasteiger partial charge < -0.3 is 10.6 Å². The summed E-state index contributed by atoms with van der Waals surface area (Å²) in [5.74, 6) is -0.222. The molecular formula is C17H32N4O5S2. The van der Waals surface area contributed by atoms with E-state index in [1.54, 1.807) is 0 Å². The summed E-state index contributed by atoms with van der Waals surface area (Å²) in [4.78, 5) is 16.6. The van der Waals surface area contributed by atoms with Crippen LogP contribution in [0.15, 0.2) is 0 Å². The number of primary amides is 1. The Morgan fingerprint density at radius 3 is 2.54 bits per heavy atom. The number of carbonyl (C=O) groups excluding carboxylic acids is 1. The van der Waals surface area contributed by atoms with Gasteiger partial charge in [0.2, 0.25) is 15.9 Å². The summed E-state index contributed by atoms with van der Waals surface area (Å²) in [7, 11) is -7.47. The Morgan fingerprint density at radius 2 is 1.86 bits per heavy atom. The Labute approximate surface area is 168 Å². The van der Waals surface area contributed by atoms with Crippen LogP contribution < -0.4 is 10.5 Å². The summed E-state index contributed by atoms with van der Waals surface area (Å²) in [6.07, 6.45) is 7.26. The number of hydrogen-bond acceptors (Lipinski definition) is 7. The average molecular weight is 437 g/mol. The number of piperidine rings is 2. The first-order valence-corrected chi connectivity index (χ1v) is 13.7. The molecule has 3 atom stereocenters. The lowest BCUT2D eigenvalue weighted by Gasteiger charge is -2.44. The molecule has 0 radical (unpaired) electrons.